The molecule has 0 fully saturated rings. The number of aliphatic carboxylic acids is 1. The van der Waals surface area contributed by atoms with Crippen molar-refractivity contribution in [3.05, 3.63) is 71.3 Å². The summed E-state index contributed by atoms with van der Waals surface area (Å²) in [5, 5.41) is 11.8. The molecule has 0 heterocycles. The van der Waals surface area contributed by atoms with Crippen molar-refractivity contribution in [1.29, 1.82) is 0 Å². The van der Waals surface area contributed by atoms with Crippen LogP contribution < -0.4 is 5.32 Å². The summed E-state index contributed by atoms with van der Waals surface area (Å²) >= 11 is 0. The van der Waals surface area contributed by atoms with E-state index in [2.05, 4.69) is 5.32 Å². The number of benzene rings is 2. The molecule has 24 heavy (non-hydrogen) atoms. The van der Waals surface area contributed by atoms with E-state index < -0.39 is 17.9 Å². The van der Waals surface area contributed by atoms with Gasteiger partial charge in [-0.1, -0.05) is 60.2 Å². The number of aryl methyl sites for hydroxylation is 1. The first-order valence-electron chi connectivity index (χ1n) is 7.74. The lowest BCUT2D eigenvalue weighted by Crippen LogP contribution is -2.43. The van der Waals surface area contributed by atoms with Crippen LogP contribution in [-0.2, 0) is 27.4 Å². The van der Waals surface area contributed by atoms with Crippen LogP contribution in [0.3, 0.4) is 0 Å². The van der Waals surface area contributed by atoms with Crippen molar-refractivity contribution >= 4 is 11.9 Å². The van der Waals surface area contributed by atoms with Crippen molar-refractivity contribution < 1.29 is 19.4 Å². The van der Waals surface area contributed by atoms with Gasteiger partial charge in [-0.3, -0.25) is 4.79 Å². The highest BCUT2D eigenvalue weighted by Crippen LogP contribution is 2.07. The van der Waals surface area contributed by atoms with Gasteiger partial charge in [0, 0.05) is 6.42 Å². The number of hydrogen-bond acceptors (Lipinski definition) is 3. The lowest BCUT2D eigenvalue weighted by molar-refractivity contribution is -0.142. The number of hydrogen-bond donors (Lipinski definition) is 2. The molecule has 0 aromatic heterocycles. The predicted molar refractivity (Wildman–Crippen MR) is 90.5 cm³/mol. The summed E-state index contributed by atoms with van der Waals surface area (Å²) in [6, 6.07) is 16.1. The fraction of sp³-hybridized carbons (Fsp3) is 0.263. The Hall–Kier alpha value is -2.66. The number of carbonyl (C=O) groups is 2. The maximum absolute atomic E-state index is 11.9. The first kappa shape index (κ1) is 17.7. The summed E-state index contributed by atoms with van der Waals surface area (Å²) in [5.74, 6) is -1.50. The summed E-state index contributed by atoms with van der Waals surface area (Å²) in [7, 11) is 0. The van der Waals surface area contributed by atoms with E-state index in [1.54, 1.807) is 0 Å². The summed E-state index contributed by atoms with van der Waals surface area (Å²) in [4.78, 5) is 23.3. The normalized spacial score (nSPS) is 11.7. The van der Waals surface area contributed by atoms with Gasteiger partial charge in [-0.05, 0) is 18.1 Å². The van der Waals surface area contributed by atoms with Crippen LogP contribution in [0.25, 0.3) is 0 Å². The fourth-order valence-corrected chi connectivity index (χ4v) is 2.35. The fourth-order valence-electron chi connectivity index (χ4n) is 2.35. The number of amides is 1. The van der Waals surface area contributed by atoms with Crippen LogP contribution in [0.1, 0.15) is 16.7 Å². The van der Waals surface area contributed by atoms with Gasteiger partial charge in [-0.2, -0.15) is 0 Å². The van der Waals surface area contributed by atoms with Crippen LogP contribution in [-0.4, -0.2) is 29.6 Å². The molecule has 2 aromatic rings. The van der Waals surface area contributed by atoms with Crippen LogP contribution in [0.15, 0.2) is 54.6 Å². The molecule has 0 unspecified atom stereocenters. The quantitative estimate of drug-likeness (QED) is 0.780. The van der Waals surface area contributed by atoms with Gasteiger partial charge in [0.1, 0.15) is 12.6 Å². The second-order valence-corrected chi connectivity index (χ2v) is 5.63. The molecule has 0 radical (unpaired) electrons. The molecule has 5 heteroatoms. The number of ether oxygens (including phenoxy) is 1. The Morgan fingerprint density at radius 3 is 2.46 bits per heavy atom. The lowest BCUT2D eigenvalue weighted by Gasteiger charge is -2.15. The minimum atomic E-state index is -1.06. The minimum absolute atomic E-state index is 0.174. The minimum Gasteiger partial charge on any atom is -0.480 e. The molecule has 0 saturated carbocycles. The summed E-state index contributed by atoms with van der Waals surface area (Å²) in [6.07, 6.45) is 0.238. The van der Waals surface area contributed by atoms with Crippen molar-refractivity contribution in [3.63, 3.8) is 0 Å². The van der Waals surface area contributed by atoms with E-state index in [0.717, 1.165) is 16.7 Å². The molecule has 0 aliphatic rings. The third-order valence-corrected chi connectivity index (χ3v) is 3.50. The lowest BCUT2D eigenvalue weighted by atomic mass is 10.0. The number of carbonyl (C=O) groups excluding carboxylic acids is 1. The number of carboxylic acids is 1. The molecule has 2 rings (SSSR count). The Balaban J connectivity index is 1.83. The van der Waals surface area contributed by atoms with Gasteiger partial charge in [0.05, 0.1) is 6.61 Å². The number of rotatable bonds is 8. The van der Waals surface area contributed by atoms with Gasteiger partial charge in [0.15, 0.2) is 0 Å². The monoisotopic (exact) mass is 327 g/mol. The van der Waals surface area contributed by atoms with E-state index in [1.165, 1.54) is 0 Å². The van der Waals surface area contributed by atoms with Gasteiger partial charge in [0.2, 0.25) is 5.91 Å². The molecule has 126 valence electrons. The van der Waals surface area contributed by atoms with Gasteiger partial charge in [-0.25, -0.2) is 4.79 Å². The summed E-state index contributed by atoms with van der Waals surface area (Å²) < 4.78 is 5.33. The van der Waals surface area contributed by atoms with E-state index in [1.807, 2.05) is 61.5 Å². The van der Waals surface area contributed by atoms with Gasteiger partial charge in [0.25, 0.3) is 0 Å². The van der Waals surface area contributed by atoms with Crippen LogP contribution in [0.5, 0.6) is 0 Å². The largest absolute Gasteiger partial charge is 0.480 e. The van der Waals surface area contributed by atoms with Crippen LogP contribution in [0.4, 0.5) is 0 Å². The molecule has 1 atom stereocenters. The number of nitrogens with one attached hydrogen (secondary N) is 1. The molecule has 0 saturated heterocycles. The van der Waals surface area contributed by atoms with E-state index in [9.17, 15) is 14.7 Å². The van der Waals surface area contributed by atoms with E-state index in [-0.39, 0.29) is 13.0 Å². The Kier molecular flexibility index (Phi) is 6.51. The number of carboxylic acid groups (broad SMARTS) is 1. The van der Waals surface area contributed by atoms with Crippen molar-refractivity contribution in [3.8, 4) is 0 Å². The van der Waals surface area contributed by atoms with Gasteiger partial charge >= 0.3 is 5.97 Å². The third kappa shape index (κ3) is 5.85. The second-order valence-electron chi connectivity index (χ2n) is 5.63. The second kappa shape index (κ2) is 8.84. The maximum atomic E-state index is 11.9. The Morgan fingerprint density at radius 1 is 1.08 bits per heavy atom. The average molecular weight is 327 g/mol. The molecule has 2 N–H and O–H groups in total. The van der Waals surface area contributed by atoms with Crippen LogP contribution >= 0.6 is 0 Å². The molecular weight excluding hydrogens is 306 g/mol. The molecular formula is C19H21NO4. The van der Waals surface area contributed by atoms with Crippen LogP contribution in [0.2, 0.25) is 0 Å². The topological polar surface area (TPSA) is 75.6 Å². The van der Waals surface area contributed by atoms with Crippen molar-refractivity contribution in [2.24, 2.45) is 0 Å². The van der Waals surface area contributed by atoms with Crippen LogP contribution in [0, 0.1) is 6.92 Å². The molecule has 0 aliphatic carbocycles. The van der Waals surface area contributed by atoms with E-state index in [0.29, 0.717) is 6.61 Å². The van der Waals surface area contributed by atoms with Crippen molar-refractivity contribution in [2.75, 3.05) is 6.61 Å². The zero-order valence-electron chi connectivity index (χ0n) is 13.6. The smallest absolute Gasteiger partial charge is 0.326 e. The molecule has 0 spiro atoms. The average Bonchev–Trinajstić information content (AvgIpc) is 2.55. The summed E-state index contributed by atoms with van der Waals surface area (Å²) in [6.45, 7) is 2.08. The highest BCUT2D eigenvalue weighted by Gasteiger charge is 2.20. The van der Waals surface area contributed by atoms with E-state index in [4.69, 9.17) is 4.74 Å². The van der Waals surface area contributed by atoms with Gasteiger partial charge < -0.3 is 15.2 Å². The highest BCUT2D eigenvalue weighted by atomic mass is 16.5. The highest BCUT2D eigenvalue weighted by molar-refractivity contribution is 5.84. The zero-order chi connectivity index (χ0) is 17.4. The standard InChI is InChI=1S/C19H21NO4/c1-14-6-5-9-16(10-14)11-17(19(22)23)20-18(21)13-24-12-15-7-3-2-4-8-15/h2-10,17H,11-13H2,1H3,(H,20,21)(H,22,23)/t17-/m0/s1. The first-order valence-corrected chi connectivity index (χ1v) is 7.74. The molecule has 2 aromatic carbocycles. The summed E-state index contributed by atoms with van der Waals surface area (Å²) in [5.41, 5.74) is 2.88. The Morgan fingerprint density at radius 2 is 1.79 bits per heavy atom. The van der Waals surface area contributed by atoms with E-state index >= 15 is 0 Å². The molecule has 0 bridgehead atoms. The zero-order valence-corrected chi connectivity index (χ0v) is 13.6. The SMILES string of the molecule is Cc1cccc(C[C@H](NC(=O)COCc2ccccc2)C(=O)O)c1. The third-order valence-electron chi connectivity index (χ3n) is 3.50. The van der Waals surface area contributed by atoms with Gasteiger partial charge in [-0.15, -0.1) is 0 Å². The first-order chi connectivity index (χ1) is 11.5. The maximum Gasteiger partial charge on any atom is 0.326 e. The molecule has 1 amide bonds. The Bertz CT molecular complexity index is 685. The Labute approximate surface area is 141 Å². The molecule has 5 nitrogen and oxygen atoms in total. The predicted octanol–water partition coefficient (Wildman–Crippen LogP) is 2.32. The molecule has 0 aliphatic heterocycles. The van der Waals surface area contributed by atoms with Crippen molar-refractivity contribution in [1.82, 2.24) is 5.32 Å². The van der Waals surface area contributed by atoms with Crippen molar-refractivity contribution in [2.45, 2.75) is 26.0 Å².